The Morgan fingerprint density at radius 2 is 1.71 bits per heavy atom. The Morgan fingerprint density at radius 3 is 2.29 bits per heavy atom. The van der Waals surface area contributed by atoms with Crippen molar-refractivity contribution in [2.24, 2.45) is 0 Å². The van der Waals surface area contributed by atoms with Crippen LogP contribution in [0.15, 0.2) is 12.3 Å². The van der Waals surface area contributed by atoms with Crippen LogP contribution < -0.4 is 0 Å². The minimum atomic E-state index is -1.61. The molecule has 0 aromatic carbocycles. The van der Waals surface area contributed by atoms with Crippen molar-refractivity contribution in [1.29, 1.82) is 0 Å². The minimum absolute atomic E-state index is 0.0665. The molecule has 0 saturated heterocycles. The zero-order valence-electron chi connectivity index (χ0n) is 14.6. The molecule has 0 N–H and O–H groups in total. The van der Waals surface area contributed by atoms with Gasteiger partial charge < -0.3 is 9.16 Å². The maximum atomic E-state index is 11.8. The standard InChI is InChI=1S/C17H34O3Si/c1-6-7-8-9-10-11-12-17(20-21(3,4)5)15-16(18)13-14-19-2/h13-14,17H,6-12,15H2,1-5H3/b14-13+/t17-/m1/s1. The molecule has 4 heteroatoms. The third kappa shape index (κ3) is 14.1. The SMILES string of the molecule is CCCCCCCC[C@H](CC(=O)/C=C/OC)O[Si](C)(C)C. The lowest BCUT2D eigenvalue weighted by molar-refractivity contribution is -0.116. The molecule has 0 radical (unpaired) electrons. The van der Waals surface area contributed by atoms with Crippen LogP contribution in [0, 0.1) is 0 Å². The molecule has 0 aromatic rings. The van der Waals surface area contributed by atoms with Gasteiger partial charge in [-0.05, 0) is 26.1 Å². The number of carbonyl (C=O) groups is 1. The van der Waals surface area contributed by atoms with E-state index in [0.717, 1.165) is 12.8 Å². The van der Waals surface area contributed by atoms with E-state index in [0.29, 0.717) is 6.42 Å². The van der Waals surface area contributed by atoms with Gasteiger partial charge in [0.2, 0.25) is 0 Å². The van der Waals surface area contributed by atoms with Crippen molar-refractivity contribution in [3.05, 3.63) is 12.3 Å². The number of unbranched alkanes of at least 4 members (excludes halogenated alkanes) is 5. The van der Waals surface area contributed by atoms with E-state index < -0.39 is 8.32 Å². The van der Waals surface area contributed by atoms with Crippen LogP contribution in [0.25, 0.3) is 0 Å². The van der Waals surface area contributed by atoms with E-state index in [1.165, 1.54) is 44.4 Å². The summed E-state index contributed by atoms with van der Waals surface area (Å²) in [5.41, 5.74) is 0. The Kier molecular flexibility index (Phi) is 11.6. The van der Waals surface area contributed by atoms with Crippen LogP contribution in [0.4, 0.5) is 0 Å². The molecule has 0 aromatic heterocycles. The number of hydrogen-bond donors (Lipinski definition) is 0. The number of allylic oxidation sites excluding steroid dienone is 1. The van der Waals surface area contributed by atoms with Crippen LogP contribution in [0.5, 0.6) is 0 Å². The molecule has 124 valence electrons. The Bertz CT molecular complexity index is 295. The van der Waals surface area contributed by atoms with Crippen molar-refractivity contribution in [3.8, 4) is 0 Å². The average molecular weight is 315 g/mol. The van der Waals surface area contributed by atoms with E-state index in [1.54, 1.807) is 7.11 Å². The summed E-state index contributed by atoms with van der Waals surface area (Å²) in [4.78, 5) is 11.8. The maximum absolute atomic E-state index is 11.8. The van der Waals surface area contributed by atoms with Gasteiger partial charge in [-0.1, -0.05) is 45.4 Å². The zero-order valence-corrected chi connectivity index (χ0v) is 15.6. The van der Waals surface area contributed by atoms with Crippen LogP contribution in [-0.2, 0) is 14.0 Å². The van der Waals surface area contributed by atoms with Crippen LogP contribution in [0.1, 0.15) is 58.3 Å². The summed E-state index contributed by atoms with van der Waals surface area (Å²) in [7, 11) is -0.0554. The van der Waals surface area contributed by atoms with E-state index in [9.17, 15) is 4.79 Å². The fourth-order valence-electron chi connectivity index (χ4n) is 2.29. The summed E-state index contributed by atoms with van der Waals surface area (Å²) in [6.45, 7) is 8.77. The summed E-state index contributed by atoms with van der Waals surface area (Å²) in [6.07, 6.45) is 12.1. The van der Waals surface area contributed by atoms with E-state index >= 15 is 0 Å². The molecule has 0 aliphatic rings. The second kappa shape index (κ2) is 12.0. The summed E-state index contributed by atoms with van der Waals surface area (Å²) in [6, 6.07) is 0. The highest BCUT2D eigenvalue weighted by Crippen LogP contribution is 2.17. The first-order valence-electron chi connectivity index (χ1n) is 8.29. The lowest BCUT2D eigenvalue weighted by atomic mass is 10.0. The Morgan fingerprint density at radius 1 is 1.10 bits per heavy atom. The largest absolute Gasteiger partial charge is 0.504 e. The zero-order chi connectivity index (χ0) is 16.1. The Labute approximate surface area is 132 Å². The van der Waals surface area contributed by atoms with E-state index in [4.69, 9.17) is 9.16 Å². The minimum Gasteiger partial charge on any atom is -0.504 e. The first kappa shape index (κ1) is 20.4. The number of ketones is 1. The molecule has 0 bridgehead atoms. The normalized spacial score (nSPS) is 13.6. The van der Waals surface area contributed by atoms with Crippen molar-refractivity contribution in [2.75, 3.05) is 7.11 Å². The van der Waals surface area contributed by atoms with E-state index in [2.05, 4.69) is 26.6 Å². The number of hydrogen-bond acceptors (Lipinski definition) is 3. The Hall–Kier alpha value is -0.613. The summed E-state index contributed by atoms with van der Waals surface area (Å²) < 4.78 is 11.0. The first-order chi connectivity index (χ1) is 9.89. The highest BCUT2D eigenvalue weighted by molar-refractivity contribution is 6.69. The average Bonchev–Trinajstić information content (AvgIpc) is 2.38. The van der Waals surface area contributed by atoms with Crippen molar-refractivity contribution < 1.29 is 14.0 Å². The van der Waals surface area contributed by atoms with Crippen molar-refractivity contribution >= 4 is 14.1 Å². The third-order valence-electron chi connectivity index (χ3n) is 3.22. The first-order valence-corrected chi connectivity index (χ1v) is 11.7. The van der Waals surface area contributed by atoms with Gasteiger partial charge in [0, 0.05) is 12.5 Å². The number of methoxy groups -OCH3 is 1. The molecule has 0 unspecified atom stereocenters. The third-order valence-corrected chi connectivity index (χ3v) is 4.26. The monoisotopic (exact) mass is 314 g/mol. The second-order valence-electron chi connectivity index (χ2n) is 6.62. The quantitative estimate of drug-likeness (QED) is 0.206. The van der Waals surface area contributed by atoms with Gasteiger partial charge in [0.25, 0.3) is 0 Å². The van der Waals surface area contributed by atoms with Crippen LogP contribution in [-0.4, -0.2) is 27.3 Å². The van der Waals surface area contributed by atoms with Gasteiger partial charge in [-0.25, -0.2) is 0 Å². The fourth-order valence-corrected chi connectivity index (χ4v) is 3.49. The molecule has 0 heterocycles. The van der Waals surface area contributed by atoms with Gasteiger partial charge in [-0.15, -0.1) is 0 Å². The van der Waals surface area contributed by atoms with Crippen LogP contribution in [0.3, 0.4) is 0 Å². The topological polar surface area (TPSA) is 35.5 Å². The molecule has 0 fully saturated rings. The number of carbonyl (C=O) groups excluding carboxylic acids is 1. The molecule has 3 nitrogen and oxygen atoms in total. The Balaban J connectivity index is 4.14. The number of rotatable bonds is 13. The predicted octanol–water partition coefficient (Wildman–Crippen LogP) is 5.08. The summed E-state index contributed by atoms with van der Waals surface area (Å²) in [5.74, 6) is 0.0890. The molecular formula is C17H34O3Si. The van der Waals surface area contributed by atoms with E-state index in [-0.39, 0.29) is 11.9 Å². The van der Waals surface area contributed by atoms with Crippen molar-refractivity contribution in [2.45, 2.75) is 84.0 Å². The van der Waals surface area contributed by atoms with Crippen LogP contribution >= 0.6 is 0 Å². The predicted molar refractivity (Wildman–Crippen MR) is 92.0 cm³/mol. The highest BCUT2D eigenvalue weighted by atomic mass is 28.4. The van der Waals surface area contributed by atoms with Gasteiger partial charge in [0.15, 0.2) is 14.1 Å². The molecule has 0 saturated carbocycles. The highest BCUT2D eigenvalue weighted by Gasteiger charge is 2.22. The van der Waals surface area contributed by atoms with E-state index in [1.807, 2.05) is 0 Å². The van der Waals surface area contributed by atoms with Crippen molar-refractivity contribution in [1.82, 2.24) is 0 Å². The lowest BCUT2D eigenvalue weighted by Crippen LogP contribution is -2.33. The molecule has 0 aliphatic heterocycles. The molecule has 0 aliphatic carbocycles. The maximum Gasteiger partial charge on any atom is 0.184 e. The lowest BCUT2D eigenvalue weighted by Gasteiger charge is -2.26. The molecule has 0 amide bonds. The van der Waals surface area contributed by atoms with Gasteiger partial charge in [-0.3, -0.25) is 4.79 Å². The molecule has 0 rings (SSSR count). The van der Waals surface area contributed by atoms with Gasteiger partial charge in [-0.2, -0.15) is 0 Å². The number of ether oxygens (including phenoxy) is 1. The fraction of sp³-hybridized carbons (Fsp3) is 0.824. The second-order valence-corrected chi connectivity index (χ2v) is 11.1. The molecular weight excluding hydrogens is 280 g/mol. The van der Waals surface area contributed by atoms with Crippen LogP contribution in [0.2, 0.25) is 19.6 Å². The van der Waals surface area contributed by atoms with Gasteiger partial charge in [0.05, 0.1) is 19.5 Å². The molecule has 1 atom stereocenters. The van der Waals surface area contributed by atoms with Crippen molar-refractivity contribution in [3.63, 3.8) is 0 Å². The summed E-state index contributed by atoms with van der Waals surface area (Å²) >= 11 is 0. The summed E-state index contributed by atoms with van der Waals surface area (Å²) in [5, 5.41) is 0. The molecule has 0 spiro atoms. The van der Waals surface area contributed by atoms with Gasteiger partial charge in [0.1, 0.15) is 0 Å². The van der Waals surface area contributed by atoms with Gasteiger partial charge >= 0.3 is 0 Å². The molecule has 21 heavy (non-hydrogen) atoms. The smallest absolute Gasteiger partial charge is 0.184 e.